The van der Waals surface area contributed by atoms with E-state index in [1.54, 1.807) is 12.3 Å². The Balaban J connectivity index is 2.36. The molecule has 0 atom stereocenters. The first-order chi connectivity index (χ1) is 9.83. The molecule has 2 rings (SSSR count). The molecule has 1 heterocycles. The van der Waals surface area contributed by atoms with Crippen molar-refractivity contribution in [2.45, 2.75) is 11.4 Å². The number of aromatic nitrogens is 1. The molecule has 0 radical (unpaired) electrons. The predicted molar refractivity (Wildman–Crippen MR) is 68.1 cm³/mol. The number of carboxylic acid groups (broad SMARTS) is 1. The van der Waals surface area contributed by atoms with Gasteiger partial charge in [-0.3, -0.25) is 0 Å². The van der Waals surface area contributed by atoms with Crippen molar-refractivity contribution in [2.75, 3.05) is 0 Å². The van der Waals surface area contributed by atoms with Crippen LogP contribution in [0, 0.1) is 11.6 Å². The van der Waals surface area contributed by atoms with Crippen LogP contribution in [0.25, 0.3) is 0 Å². The van der Waals surface area contributed by atoms with Crippen molar-refractivity contribution in [3.05, 3.63) is 53.4 Å². The van der Waals surface area contributed by atoms with Crippen LogP contribution in [0.4, 0.5) is 8.78 Å². The average molecular weight is 316 g/mol. The van der Waals surface area contributed by atoms with Crippen LogP contribution in [0.2, 0.25) is 0 Å². The molecular formula is C12H10F2N2O4S. The summed E-state index contributed by atoms with van der Waals surface area (Å²) < 4.78 is 53.2. The molecule has 0 amide bonds. The van der Waals surface area contributed by atoms with Gasteiger partial charge in [0, 0.05) is 18.9 Å². The molecule has 0 aliphatic carbocycles. The molecule has 3 N–H and O–H groups in total. The second kappa shape index (κ2) is 5.62. The van der Waals surface area contributed by atoms with E-state index in [0.717, 1.165) is 0 Å². The number of sulfonamides is 1. The normalized spacial score (nSPS) is 11.5. The Hall–Kier alpha value is -2.26. The topological polar surface area (TPSA) is 99.3 Å². The lowest BCUT2D eigenvalue weighted by Crippen LogP contribution is -2.25. The first-order valence-electron chi connectivity index (χ1n) is 5.65. The van der Waals surface area contributed by atoms with E-state index in [1.807, 2.05) is 0 Å². The van der Waals surface area contributed by atoms with Gasteiger partial charge in [0.2, 0.25) is 10.0 Å². The highest BCUT2D eigenvalue weighted by atomic mass is 32.2. The number of halogens is 2. The maximum Gasteiger partial charge on any atom is 0.341 e. The van der Waals surface area contributed by atoms with Crippen molar-refractivity contribution < 1.29 is 27.1 Å². The summed E-state index contributed by atoms with van der Waals surface area (Å²) in [5.41, 5.74) is -0.709. The molecule has 0 unspecified atom stereocenters. The number of aromatic amines is 1. The minimum absolute atomic E-state index is 0.120. The maximum atomic E-state index is 13.9. The Morgan fingerprint density at radius 1 is 1.29 bits per heavy atom. The van der Waals surface area contributed by atoms with Crippen molar-refractivity contribution >= 4 is 16.0 Å². The molecule has 21 heavy (non-hydrogen) atoms. The second-order valence-electron chi connectivity index (χ2n) is 4.08. The van der Waals surface area contributed by atoms with Gasteiger partial charge in [-0.1, -0.05) is 0 Å². The van der Waals surface area contributed by atoms with Gasteiger partial charge in [-0.2, -0.15) is 0 Å². The van der Waals surface area contributed by atoms with Gasteiger partial charge in [0.25, 0.3) is 0 Å². The van der Waals surface area contributed by atoms with E-state index in [4.69, 9.17) is 5.11 Å². The third-order valence-corrected chi connectivity index (χ3v) is 4.11. The van der Waals surface area contributed by atoms with Crippen LogP contribution < -0.4 is 4.72 Å². The van der Waals surface area contributed by atoms with Gasteiger partial charge in [-0.05, 0) is 23.8 Å². The van der Waals surface area contributed by atoms with Gasteiger partial charge in [0.15, 0.2) is 5.82 Å². The molecule has 6 nitrogen and oxygen atoms in total. The number of H-pyrrole nitrogens is 1. The SMILES string of the molecule is O=C(O)c1c(F)ccc(S(=O)(=O)NCc2cc[nH]c2)c1F. The molecule has 0 bridgehead atoms. The molecule has 9 heteroatoms. The number of rotatable bonds is 5. The van der Waals surface area contributed by atoms with Crippen LogP contribution in [-0.2, 0) is 16.6 Å². The smallest absolute Gasteiger partial charge is 0.341 e. The number of hydrogen-bond donors (Lipinski definition) is 3. The molecule has 0 saturated heterocycles. The third kappa shape index (κ3) is 3.09. The van der Waals surface area contributed by atoms with E-state index < -0.39 is 38.1 Å². The first kappa shape index (κ1) is 15.1. The minimum atomic E-state index is -4.31. The summed E-state index contributed by atoms with van der Waals surface area (Å²) >= 11 is 0. The highest BCUT2D eigenvalue weighted by Gasteiger charge is 2.26. The van der Waals surface area contributed by atoms with Crippen molar-refractivity contribution in [1.82, 2.24) is 9.71 Å². The van der Waals surface area contributed by atoms with Crippen LogP contribution in [0.3, 0.4) is 0 Å². The Morgan fingerprint density at radius 2 is 2.00 bits per heavy atom. The molecule has 112 valence electrons. The van der Waals surface area contributed by atoms with Crippen molar-refractivity contribution in [3.63, 3.8) is 0 Å². The Morgan fingerprint density at radius 3 is 2.57 bits per heavy atom. The monoisotopic (exact) mass is 316 g/mol. The van der Waals surface area contributed by atoms with Gasteiger partial charge in [-0.15, -0.1) is 0 Å². The molecule has 0 aliphatic heterocycles. The molecule has 0 saturated carbocycles. The summed E-state index contributed by atoms with van der Waals surface area (Å²) in [6, 6.07) is 2.88. The lowest BCUT2D eigenvalue weighted by Gasteiger charge is -2.09. The van der Waals surface area contributed by atoms with Crippen LogP contribution >= 0.6 is 0 Å². The second-order valence-corrected chi connectivity index (χ2v) is 5.82. The zero-order valence-corrected chi connectivity index (χ0v) is 11.2. The van der Waals surface area contributed by atoms with Gasteiger partial charge in [0.1, 0.15) is 16.3 Å². The molecule has 0 fully saturated rings. The summed E-state index contributed by atoms with van der Waals surface area (Å²) in [6.45, 7) is -0.120. The van der Waals surface area contributed by atoms with Crippen LogP contribution in [0.1, 0.15) is 15.9 Å². The van der Waals surface area contributed by atoms with Crippen LogP contribution in [0.5, 0.6) is 0 Å². The highest BCUT2D eigenvalue weighted by Crippen LogP contribution is 2.21. The fourth-order valence-electron chi connectivity index (χ4n) is 1.66. The summed E-state index contributed by atoms with van der Waals surface area (Å²) in [5, 5.41) is 8.72. The summed E-state index contributed by atoms with van der Waals surface area (Å²) in [4.78, 5) is 12.6. The molecule has 0 aliphatic rings. The van der Waals surface area contributed by atoms with E-state index in [0.29, 0.717) is 17.7 Å². The molecule has 2 aromatic rings. The average Bonchev–Trinajstić information content (AvgIpc) is 2.88. The van der Waals surface area contributed by atoms with Crippen molar-refractivity contribution in [1.29, 1.82) is 0 Å². The van der Waals surface area contributed by atoms with Gasteiger partial charge >= 0.3 is 5.97 Å². The van der Waals surface area contributed by atoms with Crippen molar-refractivity contribution in [2.24, 2.45) is 0 Å². The number of carbonyl (C=O) groups is 1. The van der Waals surface area contributed by atoms with E-state index in [-0.39, 0.29) is 6.54 Å². The summed E-state index contributed by atoms with van der Waals surface area (Å²) in [5.74, 6) is -4.86. The molecule has 0 spiro atoms. The van der Waals surface area contributed by atoms with E-state index in [9.17, 15) is 22.0 Å². The van der Waals surface area contributed by atoms with Gasteiger partial charge < -0.3 is 10.1 Å². The Kier molecular flexibility index (Phi) is 4.05. The minimum Gasteiger partial charge on any atom is -0.477 e. The molecule has 1 aromatic carbocycles. The fraction of sp³-hybridized carbons (Fsp3) is 0.0833. The lowest BCUT2D eigenvalue weighted by atomic mass is 10.2. The number of hydrogen-bond acceptors (Lipinski definition) is 3. The largest absolute Gasteiger partial charge is 0.477 e. The zero-order chi connectivity index (χ0) is 15.6. The Labute approximate surface area is 118 Å². The number of aromatic carboxylic acids is 1. The predicted octanol–water partition coefficient (Wildman–Crippen LogP) is 1.47. The first-order valence-corrected chi connectivity index (χ1v) is 7.14. The highest BCUT2D eigenvalue weighted by molar-refractivity contribution is 7.89. The van der Waals surface area contributed by atoms with Gasteiger partial charge in [0.05, 0.1) is 0 Å². The standard InChI is InChI=1S/C12H10F2N2O4S/c13-8-1-2-9(11(14)10(8)12(17)18)21(19,20)16-6-7-3-4-15-5-7/h1-5,15-16H,6H2,(H,17,18). The molecule has 1 aromatic heterocycles. The zero-order valence-electron chi connectivity index (χ0n) is 10.4. The number of benzene rings is 1. The maximum absolute atomic E-state index is 13.9. The third-order valence-electron chi connectivity index (χ3n) is 2.69. The van der Waals surface area contributed by atoms with Crippen molar-refractivity contribution in [3.8, 4) is 0 Å². The number of nitrogens with one attached hydrogen (secondary N) is 2. The summed E-state index contributed by atoms with van der Waals surface area (Å²) in [7, 11) is -4.31. The number of carboxylic acids is 1. The van der Waals surface area contributed by atoms with E-state index >= 15 is 0 Å². The fourth-order valence-corrected chi connectivity index (χ4v) is 2.76. The van der Waals surface area contributed by atoms with Crippen LogP contribution in [-0.4, -0.2) is 24.5 Å². The lowest BCUT2D eigenvalue weighted by molar-refractivity contribution is 0.0685. The van der Waals surface area contributed by atoms with E-state index in [2.05, 4.69) is 9.71 Å². The van der Waals surface area contributed by atoms with E-state index in [1.165, 1.54) is 6.20 Å². The quantitative estimate of drug-likeness (QED) is 0.778. The Bertz CT molecular complexity index is 773. The summed E-state index contributed by atoms with van der Waals surface area (Å²) in [6.07, 6.45) is 3.11. The molecular weight excluding hydrogens is 306 g/mol. The van der Waals surface area contributed by atoms with Gasteiger partial charge in [-0.25, -0.2) is 26.7 Å². The van der Waals surface area contributed by atoms with Crippen LogP contribution in [0.15, 0.2) is 35.5 Å².